The van der Waals surface area contributed by atoms with Crippen molar-refractivity contribution in [3.05, 3.63) is 12.7 Å². The molecule has 1 saturated heterocycles. The van der Waals surface area contributed by atoms with E-state index in [1.807, 2.05) is 6.08 Å². The Bertz CT molecular complexity index is 446. The molecule has 0 amide bonds. The number of halogens is 1. The summed E-state index contributed by atoms with van der Waals surface area (Å²) in [4.78, 5) is 0. The van der Waals surface area contributed by atoms with Gasteiger partial charge in [0, 0.05) is 0 Å². The lowest BCUT2D eigenvalue weighted by atomic mass is 10.1. The van der Waals surface area contributed by atoms with Crippen LogP contribution in [0.5, 0.6) is 0 Å². The van der Waals surface area contributed by atoms with Gasteiger partial charge in [0.05, 0.1) is 45.0 Å². The van der Waals surface area contributed by atoms with E-state index in [0.29, 0.717) is 18.8 Å². The van der Waals surface area contributed by atoms with Gasteiger partial charge in [0.25, 0.3) is 0 Å². The summed E-state index contributed by atoms with van der Waals surface area (Å²) in [5.74, 6) is 0.329. The summed E-state index contributed by atoms with van der Waals surface area (Å²) < 4.78 is 27.7. The van der Waals surface area contributed by atoms with Crippen LogP contribution in [-0.4, -0.2) is 62.2 Å². The Labute approximate surface area is 167 Å². The van der Waals surface area contributed by atoms with Crippen molar-refractivity contribution in [3.8, 4) is 0 Å². The van der Waals surface area contributed by atoms with E-state index in [0.717, 1.165) is 43.5 Å². The molecule has 6 heteroatoms. The van der Waals surface area contributed by atoms with Crippen LogP contribution in [-0.2, 0) is 10.0 Å². The summed E-state index contributed by atoms with van der Waals surface area (Å²) in [6.45, 7) is 13.4. The molecule has 0 saturated carbocycles. The van der Waals surface area contributed by atoms with Crippen LogP contribution in [0, 0.1) is 0 Å². The second kappa shape index (κ2) is 13.3. The fourth-order valence-corrected chi connectivity index (χ4v) is 5.15. The average molecular weight is 440 g/mol. The number of hydrogen-bond acceptors (Lipinski definition) is 2. The summed E-state index contributed by atoms with van der Waals surface area (Å²) in [7, 11) is -3.06. The lowest BCUT2D eigenvalue weighted by Crippen LogP contribution is -3.00. The molecule has 0 aromatic heterocycles. The van der Waals surface area contributed by atoms with E-state index in [1.54, 1.807) is 4.31 Å². The third kappa shape index (κ3) is 9.03. The molecule has 0 aromatic carbocycles. The van der Waals surface area contributed by atoms with Crippen molar-refractivity contribution >= 4 is 10.0 Å². The molecule has 150 valence electrons. The van der Waals surface area contributed by atoms with Crippen molar-refractivity contribution in [2.24, 2.45) is 0 Å². The molecule has 0 spiro atoms. The van der Waals surface area contributed by atoms with Crippen molar-refractivity contribution in [2.45, 2.75) is 65.2 Å². The maximum atomic E-state index is 12.5. The minimum absolute atomic E-state index is 0. The molecule has 0 aromatic rings. The normalized spacial score (nSPS) is 17.8. The molecule has 1 heterocycles. The van der Waals surface area contributed by atoms with Crippen molar-refractivity contribution in [2.75, 3.05) is 45.0 Å². The SMILES string of the molecule is C=CC[N+]1(CC)CCN(S(=O)(=O)CCCCCCCCCC)CC1.[Br-]. The highest BCUT2D eigenvalue weighted by molar-refractivity contribution is 7.89. The molecule has 1 aliphatic rings. The van der Waals surface area contributed by atoms with Crippen LogP contribution in [0.1, 0.15) is 65.2 Å². The molecule has 0 unspecified atom stereocenters. The highest BCUT2D eigenvalue weighted by Gasteiger charge is 2.34. The molecule has 1 fully saturated rings. The highest BCUT2D eigenvalue weighted by Crippen LogP contribution is 2.17. The Kier molecular flexibility index (Phi) is 13.3. The molecule has 1 aliphatic heterocycles. The zero-order valence-electron chi connectivity index (χ0n) is 16.4. The van der Waals surface area contributed by atoms with Crippen molar-refractivity contribution in [1.82, 2.24) is 4.31 Å². The number of rotatable bonds is 13. The summed E-state index contributed by atoms with van der Waals surface area (Å²) in [6.07, 6.45) is 11.5. The summed E-state index contributed by atoms with van der Waals surface area (Å²) in [5, 5.41) is 0. The molecular weight excluding hydrogens is 400 g/mol. The van der Waals surface area contributed by atoms with Gasteiger partial charge in [-0.1, -0.05) is 58.4 Å². The number of likely N-dealkylation sites (N-methyl/N-ethyl adjacent to an activating group) is 1. The second-order valence-electron chi connectivity index (χ2n) is 7.27. The molecule has 4 nitrogen and oxygen atoms in total. The molecule has 0 bridgehead atoms. The number of unbranched alkanes of at least 4 members (excludes halogenated alkanes) is 7. The number of quaternary nitrogens is 1. The third-order valence-electron chi connectivity index (χ3n) is 5.48. The van der Waals surface area contributed by atoms with Crippen molar-refractivity contribution in [1.29, 1.82) is 0 Å². The van der Waals surface area contributed by atoms with E-state index < -0.39 is 10.0 Å². The second-order valence-corrected chi connectivity index (χ2v) is 9.35. The van der Waals surface area contributed by atoms with Gasteiger partial charge < -0.3 is 21.5 Å². The summed E-state index contributed by atoms with van der Waals surface area (Å²) in [6, 6.07) is 0. The van der Waals surface area contributed by atoms with Gasteiger partial charge in [0.15, 0.2) is 0 Å². The minimum atomic E-state index is -3.06. The Morgan fingerprint density at radius 2 is 1.48 bits per heavy atom. The molecule has 1 rings (SSSR count). The van der Waals surface area contributed by atoms with Crippen LogP contribution in [0.15, 0.2) is 12.7 Å². The van der Waals surface area contributed by atoms with Crippen molar-refractivity contribution < 1.29 is 29.9 Å². The van der Waals surface area contributed by atoms with Gasteiger partial charge >= 0.3 is 0 Å². The van der Waals surface area contributed by atoms with E-state index >= 15 is 0 Å². The quantitative estimate of drug-likeness (QED) is 0.242. The Balaban J connectivity index is 0.00000576. The maximum absolute atomic E-state index is 12.5. The predicted molar refractivity (Wildman–Crippen MR) is 104 cm³/mol. The van der Waals surface area contributed by atoms with Gasteiger partial charge in [-0.25, -0.2) is 8.42 Å². The fourth-order valence-electron chi connectivity index (χ4n) is 3.60. The largest absolute Gasteiger partial charge is 1.00 e. The lowest BCUT2D eigenvalue weighted by molar-refractivity contribution is -0.924. The maximum Gasteiger partial charge on any atom is 0.214 e. The standard InChI is InChI=1S/C19H39N2O2S.BrH/c1-4-7-8-9-10-11-12-13-19-24(22,23)20-14-17-21(6-3,16-5-2)18-15-20;/h5H,2,4,6-19H2,1,3H3;1H/q+1;/p-1. The lowest BCUT2D eigenvalue weighted by Gasteiger charge is -2.43. The molecule has 25 heavy (non-hydrogen) atoms. The molecule has 0 N–H and O–H groups in total. The molecule has 0 radical (unpaired) electrons. The average Bonchev–Trinajstić information content (AvgIpc) is 2.58. The van der Waals surface area contributed by atoms with Crippen LogP contribution in [0.25, 0.3) is 0 Å². The van der Waals surface area contributed by atoms with Crippen LogP contribution in [0.2, 0.25) is 0 Å². The monoisotopic (exact) mass is 438 g/mol. The van der Waals surface area contributed by atoms with Crippen molar-refractivity contribution in [3.63, 3.8) is 0 Å². The van der Waals surface area contributed by atoms with E-state index in [-0.39, 0.29) is 17.0 Å². The molecular formula is C19H39BrN2O2S. The first-order valence-electron chi connectivity index (χ1n) is 9.93. The van der Waals surface area contributed by atoms with Crippen LogP contribution in [0.4, 0.5) is 0 Å². The van der Waals surface area contributed by atoms with Crippen LogP contribution < -0.4 is 17.0 Å². The van der Waals surface area contributed by atoms with E-state index in [4.69, 9.17) is 0 Å². The highest BCUT2D eigenvalue weighted by atomic mass is 79.9. The van der Waals surface area contributed by atoms with E-state index in [9.17, 15) is 8.42 Å². The minimum Gasteiger partial charge on any atom is -1.00 e. The summed E-state index contributed by atoms with van der Waals surface area (Å²) in [5.41, 5.74) is 0. The first-order chi connectivity index (χ1) is 11.5. The van der Waals surface area contributed by atoms with Gasteiger partial charge in [-0.3, -0.25) is 0 Å². The summed E-state index contributed by atoms with van der Waals surface area (Å²) >= 11 is 0. The molecule has 0 aliphatic carbocycles. The van der Waals surface area contributed by atoms with Gasteiger partial charge in [-0.2, -0.15) is 4.31 Å². The zero-order valence-corrected chi connectivity index (χ0v) is 18.8. The van der Waals surface area contributed by atoms with Gasteiger partial charge in [0.2, 0.25) is 10.0 Å². The third-order valence-corrected chi connectivity index (χ3v) is 7.44. The van der Waals surface area contributed by atoms with E-state index in [2.05, 4.69) is 20.4 Å². The predicted octanol–water partition coefficient (Wildman–Crippen LogP) is 0.799. The van der Waals surface area contributed by atoms with Gasteiger partial charge in [-0.15, -0.1) is 0 Å². The Morgan fingerprint density at radius 1 is 0.960 bits per heavy atom. The zero-order chi connectivity index (χ0) is 17.9. The number of hydrogen-bond donors (Lipinski definition) is 0. The number of nitrogens with zero attached hydrogens (tertiary/aromatic N) is 2. The molecule has 0 atom stereocenters. The van der Waals surface area contributed by atoms with Gasteiger partial charge in [0.1, 0.15) is 0 Å². The topological polar surface area (TPSA) is 37.4 Å². The smallest absolute Gasteiger partial charge is 0.214 e. The van der Waals surface area contributed by atoms with E-state index in [1.165, 1.54) is 38.5 Å². The van der Waals surface area contributed by atoms with Crippen LogP contribution >= 0.6 is 0 Å². The fraction of sp³-hybridized carbons (Fsp3) is 0.895. The van der Waals surface area contributed by atoms with Gasteiger partial charge in [-0.05, 0) is 19.4 Å². The first kappa shape index (κ1) is 25.1. The first-order valence-corrected chi connectivity index (χ1v) is 11.5. The number of sulfonamides is 1. The van der Waals surface area contributed by atoms with Crippen LogP contribution in [0.3, 0.4) is 0 Å². The Hall–Kier alpha value is 0.0900. The Morgan fingerprint density at radius 3 is 1.96 bits per heavy atom. The number of piperazine rings is 1.